The van der Waals surface area contributed by atoms with Crippen molar-refractivity contribution in [2.24, 2.45) is 10.7 Å². The maximum Gasteiger partial charge on any atom is 0.189 e. The van der Waals surface area contributed by atoms with Crippen LogP contribution in [0.4, 0.5) is 0 Å². The molecule has 0 aromatic heterocycles. The van der Waals surface area contributed by atoms with Crippen LogP contribution in [0.2, 0.25) is 5.02 Å². The summed E-state index contributed by atoms with van der Waals surface area (Å²) in [7, 11) is 0. The van der Waals surface area contributed by atoms with E-state index in [-0.39, 0.29) is 11.0 Å². The predicted octanol–water partition coefficient (Wildman–Crippen LogP) is 3.07. The average Bonchev–Trinajstić information content (AvgIpc) is 3.05. The number of hydrogen-bond donors (Lipinski definition) is 2. The van der Waals surface area contributed by atoms with E-state index in [0.29, 0.717) is 5.96 Å². The lowest BCUT2D eigenvalue weighted by atomic mass is 9.96. The SMILES string of the molecule is CC(C)(C)NC(N)=NCC1(c2cccc(Cl)c2)CC1. The van der Waals surface area contributed by atoms with Crippen molar-refractivity contribution in [3.05, 3.63) is 34.9 Å². The van der Waals surface area contributed by atoms with Crippen LogP contribution in [-0.4, -0.2) is 18.0 Å². The quantitative estimate of drug-likeness (QED) is 0.660. The van der Waals surface area contributed by atoms with E-state index in [0.717, 1.165) is 24.4 Å². The highest BCUT2D eigenvalue weighted by atomic mass is 35.5. The van der Waals surface area contributed by atoms with Crippen molar-refractivity contribution >= 4 is 17.6 Å². The minimum atomic E-state index is -0.0552. The molecule has 0 saturated heterocycles. The standard InChI is InChI=1S/C15H22ClN3/c1-14(2,3)19-13(17)18-10-15(7-8-15)11-5-4-6-12(16)9-11/h4-6,9H,7-8,10H2,1-3H3,(H3,17,18,19). The van der Waals surface area contributed by atoms with Crippen LogP contribution in [0.25, 0.3) is 0 Å². The average molecular weight is 280 g/mol. The second-order valence-electron chi connectivity index (χ2n) is 6.37. The Labute approximate surface area is 120 Å². The van der Waals surface area contributed by atoms with Gasteiger partial charge in [0.2, 0.25) is 0 Å². The largest absolute Gasteiger partial charge is 0.370 e. The molecule has 1 saturated carbocycles. The van der Waals surface area contributed by atoms with Crippen molar-refractivity contribution in [3.8, 4) is 0 Å². The summed E-state index contributed by atoms with van der Waals surface area (Å²) in [5, 5.41) is 3.97. The second kappa shape index (κ2) is 5.04. The van der Waals surface area contributed by atoms with E-state index >= 15 is 0 Å². The minimum Gasteiger partial charge on any atom is -0.370 e. The van der Waals surface area contributed by atoms with E-state index in [1.807, 2.05) is 18.2 Å². The van der Waals surface area contributed by atoms with Crippen molar-refractivity contribution in [2.75, 3.05) is 6.54 Å². The van der Waals surface area contributed by atoms with Crippen LogP contribution in [0.3, 0.4) is 0 Å². The summed E-state index contributed by atoms with van der Waals surface area (Å²) in [6.07, 6.45) is 2.30. The Morgan fingerprint density at radius 2 is 2.11 bits per heavy atom. The molecule has 0 aliphatic heterocycles. The van der Waals surface area contributed by atoms with E-state index in [9.17, 15) is 0 Å². The summed E-state index contributed by atoms with van der Waals surface area (Å²) in [4.78, 5) is 4.49. The molecule has 4 heteroatoms. The van der Waals surface area contributed by atoms with E-state index in [1.165, 1.54) is 5.56 Å². The highest BCUT2D eigenvalue weighted by molar-refractivity contribution is 6.30. The zero-order valence-corrected chi connectivity index (χ0v) is 12.6. The summed E-state index contributed by atoms with van der Waals surface area (Å²) >= 11 is 6.06. The molecule has 0 heterocycles. The fourth-order valence-electron chi connectivity index (χ4n) is 2.17. The van der Waals surface area contributed by atoms with Gasteiger partial charge >= 0.3 is 0 Å². The fourth-order valence-corrected chi connectivity index (χ4v) is 2.36. The van der Waals surface area contributed by atoms with Crippen LogP contribution in [0.1, 0.15) is 39.2 Å². The summed E-state index contributed by atoms with van der Waals surface area (Å²) in [6.45, 7) is 6.93. The van der Waals surface area contributed by atoms with Gasteiger partial charge < -0.3 is 11.1 Å². The van der Waals surface area contributed by atoms with Crippen molar-refractivity contribution in [3.63, 3.8) is 0 Å². The number of nitrogens with one attached hydrogen (secondary N) is 1. The van der Waals surface area contributed by atoms with Gasteiger partial charge in [-0.15, -0.1) is 0 Å². The smallest absolute Gasteiger partial charge is 0.189 e. The van der Waals surface area contributed by atoms with Gasteiger partial charge in [0.25, 0.3) is 0 Å². The fraction of sp³-hybridized carbons (Fsp3) is 0.533. The molecule has 3 N–H and O–H groups in total. The lowest BCUT2D eigenvalue weighted by molar-refractivity contribution is 0.507. The van der Waals surface area contributed by atoms with Crippen LogP contribution in [-0.2, 0) is 5.41 Å². The van der Waals surface area contributed by atoms with Crippen molar-refractivity contribution in [1.82, 2.24) is 5.32 Å². The van der Waals surface area contributed by atoms with Gasteiger partial charge in [-0.25, -0.2) is 0 Å². The maximum absolute atomic E-state index is 6.06. The molecule has 0 atom stereocenters. The lowest BCUT2D eigenvalue weighted by Gasteiger charge is -2.22. The molecule has 1 aliphatic carbocycles. The maximum atomic E-state index is 6.06. The van der Waals surface area contributed by atoms with Gasteiger partial charge in [-0.05, 0) is 51.3 Å². The predicted molar refractivity (Wildman–Crippen MR) is 81.7 cm³/mol. The van der Waals surface area contributed by atoms with Crippen LogP contribution >= 0.6 is 11.6 Å². The van der Waals surface area contributed by atoms with Gasteiger partial charge in [-0.1, -0.05) is 23.7 Å². The van der Waals surface area contributed by atoms with Gasteiger partial charge in [0.1, 0.15) is 0 Å². The molecule has 0 radical (unpaired) electrons. The molecule has 0 bridgehead atoms. The number of halogens is 1. The number of hydrogen-bond acceptors (Lipinski definition) is 1. The van der Waals surface area contributed by atoms with Gasteiger partial charge in [0.15, 0.2) is 5.96 Å². The Morgan fingerprint density at radius 1 is 1.42 bits per heavy atom. The zero-order valence-electron chi connectivity index (χ0n) is 11.8. The molecule has 19 heavy (non-hydrogen) atoms. The first-order valence-electron chi connectivity index (χ1n) is 6.65. The number of guanidine groups is 1. The molecule has 2 rings (SSSR count). The molecule has 104 valence electrons. The van der Waals surface area contributed by atoms with Crippen molar-refractivity contribution in [1.29, 1.82) is 0 Å². The van der Waals surface area contributed by atoms with Crippen LogP contribution in [0.5, 0.6) is 0 Å². The van der Waals surface area contributed by atoms with E-state index in [4.69, 9.17) is 17.3 Å². The Hall–Kier alpha value is -1.22. The summed E-state index contributed by atoms with van der Waals surface area (Å²) in [5.41, 5.74) is 7.28. The van der Waals surface area contributed by atoms with Crippen molar-refractivity contribution in [2.45, 2.75) is 44.6 Å². The molecule has 1 aromatic rings. The molecule has 1 fully saturated rings. The number of benzene rings is 1. The van der Waals surface area contributed by atoms with E-state index < -0.39 is 0 Å². The van der Waals surface area contributed by atoms with Crippen LogP contribution in [0, 0.1) is 0 Å². The Bertz CT molecular complexity index is 484. The first-order chi connectivity index (χ1) is 8.81. The summed E-state index contributed by atoms with van der Waals surface area (Å²) < 4.78 is 0. The normalized spacial score (nSPS) is 18.2. The molecule has 0 amide bonds. The number of nitrogens with zero attached hydrogens (tertiary/aromatic N) is 1. The van der Waals surface area contributed by atoms with E-state index in [2.05, 4.69) is 37.1 Å². The van der Waals surface area contributed by atoms with E-state index in [1.54, 1.807) is 0 Å². The topological polar surface area (TPSA) is 50.4 Å². The summed E-state index contributed by atoms with van der Waals surface area (Å²) in [5.74, 6) is 0.515. The lowest BCUT2D eigenvalue weighted by Crippen LogP contribution is -2.45. The third kappa shape index (κ3) is 3.87. The van der Waals surface area contributed by atoms with Crippen LogP contribution in [0.15, 0.2) is 29.3 Å². The number of rotatable bonds is 3. The third-order valence-electron chi connectivity index (χ3n) is 3.35. The third-order valence-corrected chi connectivity index (χ3v) is 3.58. The Morgan fingerprint density at radius 3 is 2.63 bits per heavy atom. The highest BCUT2D eigenvalue weighted by Crippen LogP contribution is 2.48. The monoisotopic (exact) mass is 279 g/mol. The summed E-state index contributed by atoms with van der Waals surface area (Å²) in [6, 6.07) is 8.07. The highest BCUT2D eigenvalue weighted by Gasteiger charge is 2.44. The molecule has 0 unspecified atom stereocenters. The molecule has 1 aliphatic rings. The molecule has 0 spiro atoms. The minimum absolute atomic E-state index is 0.0552. The van der Waals surface area contributed by atoms with Gasteiger partial charge in [-0.3, -0.25) is 4.99 Å². The van der Waals surface area contributed by atoms with Crippen molar-refractivity contribution < 1.29 is 0 Å². The second-order valence-corrected chi connectivity index (χ2v) is 6.80. The Balaban J connectivity index is 2.05. The molecular weight excluding hydrogens is 258 g/mol. The Kier molecular flexibility index (Phi) is 3.77. The molecule has 3 nitrogen and oxygen atoms in total. The van der Waals surface area contributed by atoms with Gasteiger partial charge in [-0.2, -0.15) is 0 Å². The first kappa shape index (κ1) is 14.2. The zero-order chi connectivity index (χ0) is 14.1. The van der Waals surface area contributed by atoms with Crippen LogP contribution < -0.4 is 11.1 Å². The molecule has 1 aromatic carbocycles. The first-order valence-corrected chi connectivity index (χ1v) is 7.03. The molecular formula is C15H22ClN3. The number of aliphatic imine (C=N–C) groups is 1. The van der Waals surface area contributed by atoms with Gasteiger partial charge in [0, 0.05) is 16.0 Å². The van der Waals surface area contributed by atoms with Gasteiger partial charge in [0.05, 0.1) is 6.54 Å². The number of nitrogens with two attached hydrogens (primary N) is 1.